The minimum atomic E-state index is -3.84. The average molecular weight is 366 g/mol. The zero-order valence-corrected chi connectivity index (χ0v) is 14.5. The normalized spacial score (nSPS) is 15.4. The summed E-state index contributed by atoms with van der Waals surface area (Å²) in [5, 5.41) is 6.12. The van der Waals surface area contributed by atoms with Crippen molar-refractivity contribution in [1.29, 1.82) is 0 Å². The van der Waals surface area contributed by atoms with E-state index in [1.807, 2.05) is 0 Å². The van der Waals surface area contributed by atoms with Crippen molar-refractivity contribution in [2.24, 2.45) is 0 Å². The van der Waals surface area contributed by atoms with E-state index < -0.39 is 21.5 Å². The van der Waals surface area contributed by atoms with E-state index in [0.29, 0.717) is 18.8 Å². The SMILES string of the molecule is Cc1cc(NC(=O)Cn2cccc(S(=O)(=O)N3CCCC3)c2=O)no1. The van der Waals surface area contributed by atoms with E-state index in [4.69, 9.17) is 4.52 Å². The maximum absolute atomic E-state index is 12.6. The summed E-state index contributed by atoms with van der Waals surface area (Å²) in [6, 6.07) is 4.25. The first kappa shape index (κ1) is 17.4. The van der Waals surface area contributed by atoms with Crippen molar-refractivity contribution in [3.05, 3.63) is 40.5 Å². The lowest BCUT2D eigenvalue weighted by atomic mass is 10.4. The van der Waals surface area contributed by atoms with Crippen LogP contribution in [0.1, 0.15) is 18.6 Å². The molecule has 0 aromatic carbocycles. The first-order chi connectivity index (χ1) is 11.9. The Balaban J connectivity index is 1.81. The van der Waals surface area contributed by atoms with Crippen LogP contribution in [0.15, 0.2) is 38.6 Å². The molecule has 0 spiro atoms. The van der Waals surface area contributed by atoms with Crippen LogP contribution in [-0.4, -0.2) is 41.4 Å². The molecule has 0 atom stereocenters. The highest BCUT2D eigenvalue weighted by Gasteiger charge is 2.30. The van der Waals surface area contributed by atoms with E-state index in [-0.39, 0.29) is 17.3 Å². The summed E-state index contributed by atoms with van der Waals surface area (Å²) in [5.41, 5.74) is -0.721. The van der Waals surface area contributed by atoms with Crippen LogP contribution in [0.3, 0.4) is 0 Å². The molecule has 1 aliphatic rings. The average Bonchev–Trinajstić information content (AvgIpc) is 3.21. The molecule has 2 aromatic rings. The third-order valence-corrected chi connectivity index (χ3v) is 5.79. The van der Waals surface area contributed by atoms with Crippen LogP contribution >= 0.6 is 0 Å². The molecule has 0 aliphatic carbocycles. The number of carbonyl (C=O) groups excluding carboxylic acids is 1. The summed E-state index contributed by atoms with van der Waals surface area (Å²) < 4.78 is 32.4. The fourth-order valence-electron chi connectivity index (χ4n) is 2.67. The molecule has 0 bridgehead atoms. The molecule has 1 saturated heterocycles. The van der Waals surface area contributed by atoms with Crippen molar-refractivity contribution in [2.45, 2.75) is 31.2 Å². The molecular formula is C15H18N4O5S. The Morgan fingerprint density at radius 2 is 2.08 bits per heavy atom. The number of aromatic nitrogens is 2. The summed E-state index contributed by atoms with van der Waals surface area (Å²) >= 11 is 0. The fourth-order valence-corrected chi connectivity index (χ4v) is 4.27. The van der Waals surface area contributed by atoms with Gasteiger partial charge in [0.15, 0.2) is 5.82 Å². The first-order valence-electron chi connectivity index (χ1n) is 7.81. The largest absolute Gasteiger partial charge is 0.360 e. The number of nitrogens with zero attached hydrogens (tertiary/aromatic N) is 3. The van der Waals surface area contributed by atoms with Gasteiger partial charge in [0, 0.05) is 25.4 Å². The maximum Gasteiger partial charge on any atom is 0.271 e. The lowest BCUT2D eigenvalue weighted by Gasteiger charge is -2.15. The smallest absolute Gasteiger partial charge is 0.271 e. The van der Waals surface area contributed by atoms with E-state index in [1.165, 1.54) is 28.7 Å². The number of hydrogen-bond donors (Lipinski definition) is 1. The molecule has 2 aromatic heterocycles. The number of rotatable bonds is 5. The molecule has 0 saturated carbocycles. The van der Waals surface area contributed by atoms with Gasteiger partial charge in [0.1, 0.15) is 17.2 Å². The molecule has 1 N–H and O–H groups in total. The number of anilines is 1. The van der Waals surface area contributed by atoms with Crippen molar-refractivity contribution in [3.63, 3.8) is 0 Å². The van der Waals surface area contributed by atoms with Gasteiger partial charge in [0.05, 0.1) is 0 Å². The molecule has 1 fully saturated rings. The molecule has 3 heterocycles. The number of sulfonamides is 1. The minimum absolute atomic E-state index is 0.233. The Morgan fingerprint density at radius 3 is 2.72 bits per heavy atom. The predicted molar refractivity (Wildman–Crippen MR) is 88.6 cm³/mol. The number of aryl methyl sites for hydroxylation is 1. The Labute approximate surface area is 144 Å². The summed E-state index contributed by atoms with van der Waals surface area (Å²) in [6.07, 6.45) is 2.93. The molecule has 25 heavy (non-hydrogen) atoms. The van der Waals surface area contributed by atoms with Gasteiger partial charge in [0.2, 0.25) is 15.9 Å². The number of hydrogen-bond acceptors (Lipinski definition) is 6. The first-order valence-corrected chi connectivity index (χ1v) is 9.25. The van der Waals surface area contributed by atoms with E-state index in [1.54, 1.807) is 6.92 Å². The third-order valence-electron chi connectivity index (χ3n) is 3.88. The molecule has 3 rings (SSSR count). The van der Waals surface area contributed by atoms with Gasteiger partial charge in [-0.2, -0.15) is 4.31 Å². The van der Waals surface area contributed by atoms with Crippen LogP contribution in [0, 0.1) is 6.92 Å². The van der Waals surface area contributed by atoms with Crippen molar-refractivity contribution in [3.8, 4) is 0 Å². The van der Waals surface area contributed by atoms with E-state index in [9.17, 15) is 18.0 Å². The topological polar surface area (TPSA) is 115 Å². The Bertz CT molecular complexity index is 941. The minimum Gasteiger partial charge on any atom is -0.360 e. The van der Waals surface area contributed by atoms with E-state index in [2.05, 4.69) is 10.5 Å². The van der Waals surface area contributed by atoms with Crippen molar-refractivity contribution in [1.82, 2.24) is 14.0 Å². The molecule has 10 heteroatoms. The molecule has 134 valence electrons. The second-order valence-corrected chi connectivity index (χ2v) is 7.69. The van der Waals surface area contributed by atoms with Crippen LogP contribution in [0.5, 0.6) is 0 Å². The van der Waals surface area contributed by atoms with Gasteiger partial charge in [-0.3, -0.25) is 9.59 Å². The highest BCUT2D eigenvalue weighted by Crippen LogP contribution is 2.18. The molecule has 1 aliphatic heterocycles. The number of amides is 1. The number of pyridine rings is 1. The Hall–Kier alpha value is -2.46. The summed E-state index contributed by atoms with van der Waals surface area (Å²) in [4.78, 5) is 24.2. The second kappa shape index (κ2) is 6.81. The molecule has 0 radical (unpaired) electrons. The van der Waals surface area contributed by atoms with Crippen LogP contribution in [0.4, 0.5) is 5.82 Å². The van der Waals surface area contributed by atoms with Crippen molar-refractivity contribution >= 4 is 21.7 Å². The predicted octanol–water partition coefficient (Wildman–Crippen LogP) is 0.568. The zero-order valence-electron chi connectivity index (χ0n) is 13.6. The molecule has 1 amide bonds. The monoisotopic (exact) mass is 366 g/mol. The highest BCUT2D eigenvalue weighted by atomic mass is 32.2. The molecule has 9 nitrogen and oxygen atoms in total. The fraction of sp³-hybridized carbons (Fsp3) is 0.400. The summed E-state index contributed by atoms with van der Waals surface area (Å²) in [6.45, 7) is 2.17. The van der Waals surface area contributed by atoms with Crippen molar-refractivity contribution in [2.75, 3.05) is 18.4 Å². The molecule has 0 unspecified atom stereocenters. The Morgan fingerprint density at radius 1 is 1.36 bits per heavy atom. The number of nitrogens with one attached hydrogen (secondary N) is 1. The summed E-state index contributed by atoms with van der Waals surface area (Å²) in [5.74, 6) is 0.258. The van der Waals surface area contributed by atoms with E-state index in [0.717, 1.165) is 17.4 Å². The highest BCUT2D eigenvalue weighted by molar-refractivity contribution is 7.89. The van der Waals surface area contributed by atoms with Crippen LogP contribution in [-0.2, 0) is 21.4 Å². The Kier molecular flexibility index (Phi) is 4.73. The summed E-state index contributed by atoms with van der Waals surface area (Å²) in [7, 11) is -3.84. The van der Waals surface area contributed by atoms with Gasteiger partial charge >= 0.3 is 0 Å². The van der Waals surface area contributed by atoms with E-state index >= 15 is 0 Å². The lowest BCUT2D eigenvalue weighted by Crippen LogP contribution is -2.36. The van der Waals surface area contributed by atoms with Crippen LogP contribution in [0.25, 0.3) is 0 Å². The lowest BCUT2D eigenvalue weighted by molar-refractivity contribution is -0.116. The second-order valence-electron chi connectivity index (χ2n) is 5.79. The van der Waals surface area contributed by atoms with Gasteiger partial charge in [-0.05, 0) is 31.9 Å². The van der Waals surface area contributed by atoms with Gasteiger partial charge < -0.3 is 14.4 Å². The molecular weight excluding hydrogens is 348 g/mol. The van der Waals surface area contributed by atoms with Crippen molar-refractivity contribution < 1.29 is 17.7 Å². The quantitative estimate of drug-likeness (QED) is 0.827. The van der Waals surface area contributed by atoms with Crippen LogP contribution in [0.2, 0.25) is 0 Å². The van der Waals surface area contributed by atoms with Gasteiger partial charge in [-0.1, -0.05) is 5.16 Å². The van der Waals surface area contributed by atoms with Gasteiger partial charge in [0.25, 0.3) is 5.56 Å². The van der Waals surface area contributed by atoms with Crippen LogP contribution < -0.4 is 10.9 Å². The third kappa shape index (κ3) is 3.64. The standard InChI is InChI=1S/C15H18N4O5S/c1-11-9-13(17-24-11)16-14(20)10-18-6-4-5-12(15(18)21)25(22,23)19-7-2-3-8-19/h4-6,9H,2-3,7-8,10H2,1H3,(H,16,17,20). The van der Waals surface area contributed by atoms with Gasteiger partial charge in [-0.15, -0.1) is 0 Å². The number of carbonyl (C=O) groups is 1. The zero-order chi connectivity index (χ0) is 18.0. The van der Waals surface area contributed by atoms with Gasteiger partial charge in [-0.25, -0.2) is 8.42 Å². The maximum atomic E-state index is 12.6.